The highest BCUT2D eigenvalue weighted by Gasteiger charge is 2.25. The number of benzene rings is 2. The van der Waals surface area contributed by atoms with Gasteiger partial charge in [0.25, 0.3) is 0 Å². The first-order valence-electron chi connectivity index (χ1n) is 12.7. The van der Waals surface area contributed by atoms with Crippen molar-refractivity contribution in [2.45, 2.75) is 71.5 Å². The number of nitrogens with zero attached hydrogens (tertiary/aromatic N) is 3. The second-order valence-corrected chi connectivity index (χ2v) is 11.0. The van der Waals surface area contributed by atoms with E-state index in [1.165, 1.54) is 30.3 Å². The molecular formula is C30H37N3O2. The van der Waals surface area contributed by atoms with Crippen LogP contribution in [0.1, 0.15) is 65.9 Å². The number of hydrogen-bond donors (Lipinski definition) is 0. The number of anilines is 1. The summed E-state index contributed by atoms with van der Waals surface area (Å²) in [6.45, 7) is 13.0. The fraction of sp³-hybridized carbons (Fsp3) is 0.467. The van der Waals surface area contributed by atoms with Crippen LogP contribution in [-0.4, -0.2) is 35.9 Å². The fourth-order valence-corrected chi connectivity index (χ4v) is 4.53. The molecule has 2 heterocycles. The number of rotatable bonds is 7. The molecule has 0 radical (unpaired) electrons. The van der Waals surface area contributed by atoms with Crippen molar-refractivity contribution < 1.29 is 9.47 Å². The lowest BCUT2D eigenvalue weighted by Gasteiger charge is -2.29. The maximum atomic E-state index is 10.0. The van der Waals surface area contributed by atoms with Crippen LogP contribution in [0.15, 0.2) is 48.7 Å². The summed E-state index contributed by atoms with van der Waals surface area (Å²) in [7, 11) is 0. The summed E-state index contributed by atoms with van der Waals surface area (Å²) in [5.74, 6) is 0.367. The highest BCUT2D eigenvalue weighted by molar-refractivity contribution is 5.90. The Morgan fingerprint density at radius 1 is 0.943 bits per heavy atom. The lowest BCUT2D eigenvalue weighted by Crippen LogP contribution is -2.32. The Kier molecular flexibility index (Phi) is 7.33. The van der Waals surface area contributed by atoms with E-state index in [1.54, 1.807) is 6.20 Å². The van der Waals surface area contributed by atoms with Crippen LogP contribution in [-0.2, 0) is 4.74 Å². The predicted octanol–water partition coefficient (Wildman–Crippen LogP) is 7.13. The van der Waals surface area contributed by atoms with Crippen LogP contribution in [0.25, 0.3) is 21.9 Å². The number of ether oxygens (including phenoxy) is 2. The Bertz CT molecular complexity index is 1210. The van der Waals surface area contributed by atoms with E-state index in [0.29, 0.717) is 24.5 Å². The van der Waals surface area contributed by atoms with Crippen molar-refractivity contribution >= 4 is 16.5 Å². The summed E-state index contributed by atoms with van der Waals surface area (Å²) in [5, 5.41) is 12.4. The Hall–Kier alpha value is -3.10. The number of nitriles is 1. The molecule has 1 aliphatic rings. The van der Waals surface area contributed by atoms with Crippen LogP contribution in [0.4, 0.5) is 5.69 Å². The van der Waals surface area contributed by atoms with Crippen molar-refractivity contribution in [1.29, 1.82) is 5.26 Å². The molecule has 0 atom stereocenters. The lowest BCUT2D eigenvalue weighted by atomic mass is 9.98. The molecule has 1 aliphatic heterocycles. The Morgan fingerprint density at radius 3 is 2.37 bits per heavy atom. The van der Waals surface area contributed by atoms with E-state index in [9.17, 15) is 5.26 Å². The standard InChI is InChI=1S/C30H37N3O2/c1-29(2,3)34-18-14-30(4,5)35-28-27(21-31)26(13-15-32-28)24-10-9-23-20-25(12-11-22(23)19-24)33-16-7-6-8-17-33/h9-13,15,19-20H,6-8,14,16-18H2,1-5H3. The van der Waals surface area contributed by atoms with Crippen LogP contribution in [0.5, 0.6) is 5.88 Å². The second kappa shape index (κ2) is 10.3. The van der Waals surface area contributed by atoms with Gasteiger partial charge in [0.05, 0.1) is 12.2 Å². The van der Waals surface area contributed by atoms with Crippen LogP contribution in [0, 0.1) is 11.3 Å². The second-order valence-electron chi connectivity index (χ2n) is 11.0. The van der Waals surface area contributed by atoms with Crippen molar-refractivity contribution in [1.82, 2.24) is 4.98 Å². The molecule has 5 nitrogen and oxygen atoms in total. The minimum Gasteiger partial charge on any atom is -0.471 e. The summed E-state index contributed by atoms with van der Waals surface area (Å²) in [6.07, 6.45) is 6.27. The summed E-state index contributed by atoms with van der Waals surface area (Å²) in [5.41, 5.74) is 2.86. The zero-order valence-corrected chi connectivity index (χ0v) is 21.7. The van der Waals surface area contributed by atoms with Gasteiger partial charge in [0.2, 0.25) is 5.88 Å². The first-order chi connectivity index (χ1) is 16.6. The van der Waals surface area contributed by atoms with Crippen LogP contribution < -0.4 is 9.64 Å². The van der Waals surface area contributed by atoms with Crippen molar-refractivity contribution in [2.75, 3.05) is 24.6 Å². The monoisotopic (exact) mass is 471 g/mol. The van der Waals surface area contributed by atoms with Gasteiger partial charge in [0, 0.05) is 37.0 Å². The molecule has 1 fully saturated rings. The van der Waals surface area contributed by atoms with Gasteiger partial charge in [-0.3, -0.25) is 0 Å². The summed E-state index contributed by atoms with van der Waals surface area (Å²) in [4.78, 5) is 6.89. The van der Waals surface area contributed by atoms with E-state index in [4.69, 9.17) is 9.47 Å². The number of piperidine rings is 1. The van der Waals surface area contributed by atoms with Crippen molar-refractivity contribution in [3.63, 3.8) is 0 Å². The van der Waals surface area contributed by atoms with Crippen LogP contribution >= 0.6 is 0 Å². The van der Waals surface area contributed by atoms with Crippen molar-refractivity contribution in [3.05, 3.63) is 54.2 Å². The minimum absolute atomic E-state index is 0.198. The molecule has 5 heteroatoms. The largest absolute Gasteiger partial charge is 0.471 e. The number of hydrogen-bond acceptors (Lipinski definition) is 5. The van der Waals surface area contributed by atoms with Gasteiger partial charge < -0.3 is 14.4 Å². The first kappa shape index (κ1) is 25.0. The van der Waals surface area contributed by atoms with Crippen LogP contribution in [0.2, 0.25) is 0 Å². The summed E-state index contributed by atoms with van der Waals surface area (Å²) >= 11 is 0. The van der Waals surface area contributed by atoms with Gasteiger partial charge in [0.15, 0.2) is 0 Å². The van der Waals surface area contributed by atoms with Gasteiger partial charge in [-0.1, -0.05) is 18.2 Å². The van der Waals surface area contributed by atoms with Gasteiger partial charge >= 0.3 is 0 Å². The summed E-state index contributed by atoms with van der Waals surface area (Å²) in [6, 6.07) is 17.3. The molecule has 0 bridgehead atoms. The molecule has 0 N–H and O–H groups in total. The third-order valence-electron chi connectivity index (χ3n) is 6.50. The Balaban J connectivity index is 1.58. The topological polar surface area (TPSA) is 58.4 Å². The third kappa shape index (κ3) is 6.32. The van der Waals surface area contributed by atoms with Crippen LogP contribution in [0.3, 0.4) is 0 Å². The van der Waals surface area contributed by atoms with E-state index in [2.05, 4.69) is 52.4 Å². The molecule has 2 aromatic carbocycles. The highest BCUT2D eigenvalue weighted by atomic mass is 16.5. The predicted molar refractivity (Wildman–Crippen MR) is 143 cm³/mol. The molecule has 0 amide bonds. The maximum absolute atomic E-state index is 10.0. The molecule has 184 valence electrons. The van der Waals surface area contributed by atoms with E-state index >= 15 is 0 Å². The molecule has 3 aromatic rings. The molecule has 0 aliphatic carbocycles. The molecular weight excluding hydrogens is 434 g/mol. The third-order valence-corrected chi connectivity index (χ3v) is 6.50. The highest BCUT2D eigenvalue weighted by Crippen LogP contribution is 2.34. The van der Waals surface area contributed by atoms with E-state index < -0.39 is 5.60 Å². The molecule has 4 rings (SSSR count). The quantitative estimate of drug-likeness (QED) is 0.367. The van der Waals surface area contributed by atoms with Gasteiger partial charge in [-0.2, -0.15) is 5.26 Å². The zero-order valence-electron chi connectivity index (χ0n) is 21.7. The average molecular weight is 472 g/mol. The van der Waals surface area contributed by atoms with Crippen molar-refractivity contribution in [2.24, 2.45) is 0 Å². The number of pyridine rings is 1. The lowest BCUT2D eigenvalue weighted by molar-refractivity contribution is -0.0300. The van der Waals surface area contributed by atoms with E-state index in [0.717, 1.165) is 29.6 Å². The normalized spacial score (nSPS) is 14.7. The minimum atomic E-state index is -0.517. The van der Waals surface area contributed by atoms with Gasteiger partial charge in [-0.15, -0.1) is 0 Å². The van der Waals surface area contributed by atoms with Crippen molar-refractivity contribution in [3.8, 4) is 23.1 Å². The summed E-state index contributed by atoms with van der Waals surface area (Å²) < 4.78 is 12.1. The number of fused-ring (bicyclic) bond motifs is 1. The van der Waals surface area contributed by atoms with Gasteiger partial charge in [0.1, 0.15) is 17.2 Å². The zero-order chi connectivity index (χ0) is 25.1. The molecule has 0 unspecified atom stereocenters. The van der Waals surface area contributed by atoms with Gasteiger partial charge in [-0.05, 0) is 94.5 Å². The smallest absolute Gasteiger partial charge is 0.232 e. The Morgan fingerprint density at radius 2 is 1.66 bits per heavy atom. The molecule has 0 spiro atoms. The number of aromatic nitrogens is 1. The first-order valence-corrected chi connectivity index (χ1v) is 12.7. The molecule has 35 heavy (non-hydrogen) atoms. The fourth-order valence-electron chi connectivity index (χ4n) is 4.53. The maximum Gasteiger partial charge on any atom is 0.232 e. The Labute approximate surface area is 209 Å². The SMILES string of the molecule is CC(C)(C)OCCC(C)(C)Oc1nccc(-c2ccc3cc(N4CCCCC4)ccc3c2)c1C#N. The van der Waals surface area contributed by atoms with E-state index in [1.807, 2.05) is 40.7 Å². The molecule has 1 aromatic heterocycles. The average Bonchev–Trinajstić information content (AvgIpc) is 2.82. The molecule has 0 saturated carbocycles. The van der Waals surface area contributed by atoms with E-state index in [-0.39, 0.29) is 5.60 Å². The molecule has 1 saturated heterocycles. The van der Waals surface area contributed by atoms with Gasteiger partial charge in [-0.25, -0.2) is 4.98 Å².